The molecule has 1 aromatic carbocycles. The molecule has 0 radical (unpaired) electrons. The van der Waals surface area contributed by atoms with Gasteiger partial charge in [0.15, 0.2) is 0 Å². The Hall–Kier alpha value is -0.850. The zero-order valence-electron chi connectivity index (χ0n) is 11.1. The molecule has 1 aromatic rings. The summed E-state index contributed by atoms with van der Waals surface area (Å²) in [7, 11) is 0. The number of nitriles is 1. The molecular formula is C16H19BrN2. The van der Waals surface area contributed by atoms with Gasteiger partial charge in [-0.1, -0.05) is 34.5 Å². The predicted octanol–water partition coefficient (Wildman–Crippen LogP) is 4.21. The van der Waals surface area contributed by atoms with Crippen molar-refractivity contribution in [1.82, 2.24) is 4.90 Å². The average Bonchev–Trinajstić information content (AvgIpc) is 2.47. The van der Waals surface area contributed by atoms with Gasteiger partial charge in [-0.3, -0.25) is 4.90 Å². The SMILES string of the molecule is N#CC1(c2ccc(Br)cc2)CCCC2CCCCN21. The molecule has 19 heavy (non-hydrogen) atoms. The number of benzene rings is 1. The highest BCUT2D eigenvalue weighted by atomic mass is 79.9. The lowest BCUT2D eigenvalue weighted by molar-refractivity contribution is 0.00860. The Morgan fingerprint density at radius 1 is 1.16 bits per heavy atom. The molecule has 2 aliphatic rings. The molecule has 2 nitrogen and oxygen atoms in total. The maximum absolute atomic E-state index is 9.90. The maximum Gasteiger partial charge on any atom is 0.135 e. The van der Waals surface area contributed by atoms with Gasteiger partial charge in [-0.05, 0) is 49.8 Å². The van der Waals surface area contributed by atoms with Crippen molar-refractivity contribution in [2.75, 3.05) is 6.54 Å². The summed E-state index contributed by atoms with van der Waals surface area (Å²) in [5.41, 5.74) is 0.786. The van der Waals surface area contributed by atoms with Gasteiger partial charge in [-0.15, -0.1) is 0 Å². The van der Waals surface area contributed by atoms with Crippen LogP contribution in [0.25, 0.3) is 0 Å². The number of fused-ring (bicyclic) bond motifs is 1. The third-order valence-electron chi connectivity index (χ3n) is 4.70. The minimum absolute atomic E-state index is 0.385. The molecule has 0 amide bonds. The number of halogens is 1. The Morgan fingerprint density at radius 3 is 2.63 bits per heavy atom. The van der Waals surface area contributed by atoms with Crippen LogP contribution in [0.5, 0.6) is 0 Å². The molecule has 0 aromatic heterocycles. The van der Waals surface area contributed by atoms with Gasteiger partial charge < -0.3 is 0 Å². The highest BCUT2D eigenvalue weighted by Crippen LogP contribution is 2.43. The van der Waals surface area contributed by atoms with Crippen molar-refractivity contribution in [2.45, 2.75) is 50.1 Å². The van der Waals surface area contributed by atoms with Crippen LogP contribution in [0.4, 0.5) is 0 Å². The topological polar surface area (TPSA) is 27.0 Å². The quantitative estimate of drug-likeness (QED) is 0.775. The van der Waals surface area contributed by atoms with E-state index in [4.69, 9.17) is 0 Å². The van der Waals surface area contributed by atoms with Gasteiger partial charge in [0.05, 0.1) is 6.07 Å². The standard InChI is InChI=1S/C16H19BrN2/c17-14-8-6-13(7-9-14)16(12-18)10-3-5-15-4-1-2-11-19(15)16/h6-9,15H,1-5,10-11H2. The van der Waals surface area contributed by atoms with Crippen molar-refractivity contribution < 1.29 is 0 Å². The molecule has 2 aliphatic heterocycles. The molecule has 0 aliphatic carbocycles. The molecule has 2 atom stereocenters. The number of piperidine rings is 2. The third kappa shape index (κ3) is 2.22. The second-order valence-electron chi connectivity index (χ2n) is 5.71. The fraction of sp³-hybridized carbons (Fsp3) is 0.562. The maximum atomic E-state index is 9.90. The summed E-state index contributed by atoms with van der Waals surface area (Å²) >= 11 is 3.48. The molecule has 0 bridgehead atoms. The van der Waals surface area contributed by atoms with Crippen LogP contribution in [0, 0.1) is 11.3 Å². The summed E-state index contributed by atoms with van der Waals surface area (Å²) in [6.45, 7) is 1.08. The summed E-state index contributed by atoms with van der Waals surface area (Å²) < 4.78 is 1.08. The van der Waals surface area contributed by atoms with Crippen LogP contribution < -0.4 is 0 Å². The fourth-order valence-corrected chi connectivity index (χ4v) is 4.03. The zero-order valence-corrected chi connectivity index (χ0v) is 12.7. The summed E-state index contributed by atoms with van der Waals surface area (Å²) in [5, 5.41) is 9.90. The van der Waals surface area contributed by atoms with E-state index in [9.17, 15) is 5.26 Å². The van der Waals surface area contributed by atoms with Gasteiger partial charge in [-0.25, -0.2) is 0 Å². The second kappa shape index (κ2) is 5.26. The first-order valence-electron chi connectivity index (χ1n) is 7.20. The van der Waals surface area contributed by atoms with Crippen LogP contribution in [-0.2, 0) is 5.54 Å². The van der Waals surface area contributed by atoms with E-state index in [0.717, 1.165) is 17.4 Å². The van der Waals surface area contributed by atoms with Crippen molar-refractivity contribution >= 4 is 15.9 Å². The third-order valence-corrected chi connectivity index (χ3v) is 5.23. The summed E-state index contributed by atoms with van der Waals surface area (Å²) in [6.07, 6.45) is 7.23. The Labute approximate surface area is 123 Å². The van der Waals surface area contributed by atoms with Gasteiger partial charge in [0.25, 0.3) is 0 Å². The molecule has 2 saturated heterocycles. The van der Waals surface area contributed by atoms with Crippen molar-refractivity contribution in [3.8, 4) is 6.07 Å². The summed E-state index contributed by atoms with van der Waals surface area (Å²) in [5.74, 6) is 0. The molecule has 2 heterocycles. The van der Waals surface area contributed by atoms with Gasteiger partial charge in [0.2, 0.25) is 0 Å². The average molecular weight is 319 g/mol. The van der Waals surface area contributed by atoms with Crippen LogP contribution in [0.1, 0.15) is 44.1 Å². The largest absolute Gasteiger partial charge is 0.279 e. The molecule has 2 fully saturated rings. The Bertz CT molecular complexity index is 488. The normalized spacial score (nSPS) is 31.5. The van der Waals surface area contributed by atoms with Crippen molar-refractivity contribution in [3.05, 3.63) is 34.3 Å². The molecular weight excluding hydrogens is 300 g/mol. The Balaban J connectivity index is 2.01. The van der Waals surface area contributed by atoms with Crippen molar-refractivity contribution in [2.24, 2.45) is 0 Å². The minimum atomic E-state index is -0.385. The lowest BCUT2D eigenvalue weighted by Gasteiger charge is -2.50. The number of nitrogens with zero attached hydrogens (tertiary/aromatic N) is 2. The van der Waals surface area contributed by atoms with E-state index in [-0.39, 0.29) is 5.54 Å². The van der Waals surface area contributed by atoms with Gasteiger partial charge in [-0.2, -0.15) is 5.26 Å². The molecule has 100 valence electrons. The molecule has 0 N–H and O–H groups in total. The molecule has 2 unspecified atom stereocenters. The van der Waals surface area contributed by atoms with Gasteiger partial charge in [0, 0.05) is 17.1 Å². The first kappa shape index (κ1) is 13.1. The fourth-order valence-electron chi connectivity index (χ4n) is 3.76. The Kier molecular flexibility index (Phi) is 3.64. The zero-order chi connectivity index (χ0) is 13.3. The summed E-state index contributed by atoms with van der Waals surface area (Å²) in [4.78, 5) is 2.49. The van der Waals surface area contributed by atoms with E-state index >= 15 is 0 Å². The molecule has 0 spiro atoms. The van der Waals surface area contributed by atoms with Gasteiger partial charge in [0.1, 0.15) is 5.54 Å². The lowest BCUT2D eigenvalue weighted by Crippen LogP contribution is -2.55. The minimum Gasteiger partial charge on any atom is -0.279 e. The number of rotatable bonds is 1. The van der Waals surface area contributed by atoms with Gasteiger partial charge >= 0.3 is 0 Å². The highest BCUT2D eigenvalue weighted by molar-refractivity contribution is 9.10. The van der Waals surface area contributed by atoms with E-state index in [2.05, 4.69) is 51.2 Å². The molecule has 3 heteroatoms. The Morgan fingerprint density at radius 2 is 1.89 bits per heavy atom. The van der Waals surface area contributed by atoms with Crippen LogP contribution >= 0.6 is 15.9 Å². The van der Waals surface area contributed by atoms with E-state index in [1.54, 1.807) is 0 Å². The number of hydrogen-bond donors (Lipinski definition) is 0. The van der Waals surface area contributed by atoms with E-state index in [1.807, 2.05) is 0 Å². The summed E-state index contributed by atoms with van der Waals surface area (Å²) in [6, 6.07) is 11.6. The van der Waals surface area contributed by atoms with E-state index < -0.39 is 0 Å². The van der Waals surface area contributed by atoms with E-state index in [1.165, 1.54) is 37.7 Å². The van der Waals surface area contributed by atoms with Crippen molar-refractivity contribution in [3.63, 3.8) is 0 Å². The first-order chi connectivity index (χ1) is 9.26. The second-order valence-corrected chi connectivity index (χ2v) is 6.63. The molecule has 0 saturated carbocycles. The smallest absolute Gasteiger partial charge is 0.135 e. The highest BCUT2D eigenvalue weighted by Gasteiger charge is 2.45. The van der Waals surface area contributed by atoms with Crippen LogP contribution in [0.2, 0.25) is 0 Å². The van der Waals surface area contributed by atoms with Crippen LogP contribution in [0.3, 0.4) is 0 Å². The first-order valence-corrected chi connectivity index (χ1v) is 8.00. The molecule has 3 rings (SSSR count). The predicted molar refractivity (Wildman–Crippen MR) is 79.6 cm³/mol. The number of hydrogen-bond acceptors (Lipinski definition) is 2. The lowest BCUT2D eigenvalue weighted by atomic mass is 9.76. The monoisotopic (exact) mass is 318 g/mol. The van der Waals surface area contributed by atoms with Crippen LogP contribution in [0.15, 0.2) is 28.7 Å². The van der Waals surface area contributed by atoms with E-state index in [0.29, 0.717) is 6.04 Å². The van der Waals surface area contributed by atoms with Crippen LogP contribution in [-0.4, -0.2) is 17.5 Å². The van der Waals surface area contributed by atoms with Crippen molar-refractivity contribution in [1.29, 1.82) is 5.26 Å².